The summed E-state index contributed by atoms with van der Waals surface area (Å²) in [6, 6.07) is 0.441. The van der Waals surface area contributed by atoms with Gasteiger partial charge in [-0.25, -0.2) is 0 Å². The Hall–Kier alpha value is -1.30. The number of carbonyl (C=O) groups is 1. The van der Waals surface area contributed by atoms with Crippen molar-refractivity contribution in [1.82, 2.24) is 9.69 Å². The first-order valence-electron chi connectivity index (χ1n) is 6.46. The van der Waals surface area contributed by atoms with Crippen LogP contribution >= 0.6 is 11.5 Å². The molecule has 4 N–H and O–H groups in total. The van der Waals surface area contributed by atoms with Crippen molar-refractivity contribution < 1.29 is 4.79 Å². The number of amides is 1. The van der Waals surface area contributed by atoms with Gasteiger partial charge in [-0.15, -0.1) is 0 Å². The van der Waals surface area contributed by atoms with Crippen molar-refractivity contribution in [2.45, 2.75) is 44.6 Å². The number of carbonyl (C=O) groups excluding carboxylic acids is 1. The third-order valence-corrected chi connectivity index (χ3v) is 4.16. The summed E-state index contributed by atoms with van der Waals surface area (Å²) in [5, 5.41) is 6.85. The Kier molecular flexibility index (Phi) is 4.41. The van der Waals surface area contributed by atoms with E-state index in [1.165, 1.54) is 37.2 Å². The molecule has 0 bridgehead atoms. The Morgan fingerprint density at radius 1 is 1.33 bits per heavy atom. The molecule has 1 aliphatic carbocycles. The summed E-state index contributed by atoms with van der Waals surface area (Å²) in [5.74, 6) is 0.146. The number of nitrogen functional groups attached to an aromatic ring is 1. The number of nitrogens with one attached hydrogen (secondary N) is 2. The van der Waals surface area contributed by atoms with Crippen LogP contribution in [0.4, 0.5) is 10.8 Å². The van der Waals surface area contributed by atoms with Crippen molar-refractivity contribution in [2.24, 2.45) is 0 Å². The van der Waals surface area contributed by atoms with Crippen molar-refractivity contribution >= 4 is 28.3 Å². The Bertz CT molecular complexity index is 410. The zero-order valence-electron chi connectivity index (χ0n) is 10.7. The molecule has 0 aromatic carbocycles. The van der Waals surface area contributed by atoms with Gasteiger partial charge in [-0.1, -0.05) is 25.7 Å². The van der Waals surface area contributed by atoms with E-state index in [1.54, 1.807) is 7.05 Å². The summed E-state index contributed by atoms with van der Waals surface area (Å²) < 4.78 is 4.07. The molecule has 1 amide bonds. The fourth-order valence-corrected chi connectivity index (χ4v) is 3.14. The van der Waals surface area contributed by atoms with Crippen LogP contribution in [0.3, 0.4) is 0 Å². The topological polar surface area (TPSA) is 80.0 Å². The first-order valence-corrected chi connectivity index (χ1v) is 7.23. The van der Waals surface area contributed by atoms with Crippen LogP contribution in [0.5, 0.6) is 0 Å². The lowest BCUT2D eigenvalue weighted by molar-refractivity contribution is 0.0965. The second-order valence-electron chi connectivity index (χ2n) is 4.68. The molecule has 0 unspecified atom stereocenters. The van der Waals surface area contributed by atoms with Gasteiger partial charge >= 0.3 is 0 Å². The molecule has 2 rings (SSSR count). The molecule has 5 nitrogen and oxygen atoms in total. The highest BCUT2D eigenvalue weighted by molar-refractivity contribution is 7.11. The fourth-order valence-electron chi connectivity index (χ4n) is 2.35. The first kappa shape index (κ1) is 13.1. The highest BCUT2D eigenvalue weighted by Gasteiger charge is 2.21. The lowest BCUT2D eigenvalue weighted by Gasteiger charge is -2.16. The number of aromatic nitrogens is 1. The Labute approximate surface area is 111 Å². The van der Waals surface area contributed by atoms with Crippen LogP contribution in [0.1, 0.15) is 48.9 Å². The highest BCUT2D eigenvalue weighted by Crippen LogP contribution is 2.29. The third kappa shape index (κ3) is 2.93. The Morgan fingerprint density at radius 2 is 2.00 bits per heavy atom. The predicted molar refractivity (Wildman–Crippen MR) is 75.0 cm³/mol. The van der Waals surface area contributed by atoms with Gasteiger partial charge < -0.3 is 16.4 Å². The van der Waals surface area contributed by atoms with E-state index in [0.29, 0.717) is 17.4 Å². The van der Waals surface area contributed by atoms with Gasteiger partial charge in [0.05, 0.1) is 0 Å². The number of nitrogens with zero attached hydrogens (tertiary/aromatic N) is 1. The van der Waals surface area contributed by atoms with E-state index in [9.17, 15) is 4.79 Å². The summed E-state index contributed by atoms with van der Waals surface area (Å²) in [5.41, 5.74) is 6.24. The standard InChI is InChI=1S/C12H20N4OS/c1-14-11(17)9-10(13)16-18-12(9)15-8-6-4-2-3-5-7-8/h8,15H,2-7H2,1H3,(H2,13,16)(H,14,17). The molecule has 0 atom stereocenters. The van der Waals surface area contributed by atoms with E-state index >= 15 is 0 Å². The quantitative estimate of drug-likeness (QED) is 0.734. The van der Waals surface area contributed by atoms with Gasteiger partial charge in [0.25, 0.3) is 5.91 Å². The monoisotopic (exact) mass is 268 g/mol. The van der Waals surface area contributed by atoms with Crippen molar-refractivity contribution in [1.29, 1.82) is 0 Å². The van der Waals surface area contributed by atoms with Gasteiger partial charge in [0, 0.05) is 13.1 Å². The molecule has 0 radical (unpaired) electrons. The minimum absolute atomic E-state index is 0.169. The number of hydrogen-bond donors (Lipinski definition) is 3. The Morgan fingerprint density at radius 3 is 2.61 bits per heavy atom. The molecule has 18 heavy (non-hydrogen) atoms. The average molecular weight is 268 g/mol. The van der Waals surface area contributed by atoms with Crippen molar-refractivity contribution in [3.8, 4) is 0 Å². The van der Waals surface area contributed by atoms with Crippen LogP contribution in [-0.2, 0) is 0 Å². The van der Waals surface area contributed by atoms with Gasteiger partial charge in [0.1, 0.15) is 10.6 Å². The van der Waals surface area contributed by atoms with Crippen molar-refractivity contribution in [3.63, 3.8) is 0 Å². The summed E-state index contributed by atoms with van der Waals surface area (Å²) in [7, 11) is 1.61. The molecule has 100 valence electrons. The second kappa shape index (κ2) is 6.04. The van der Waals surface area contributed by atoms with Crippen LogP contribution < -0.4 is 16.4 Å². The number of hydrogen-bond acceptors (Lipinski definition) is 5. The molecule has 1 aromatic heterocycles. The SMILES string of the molecule is CNC(=O)c1c(N)nsc1NC1CCCCCC1. The van der Waals surface area contributed by atoms with Crippen LogP contribution in [0.15, 0.2) is 0 Å². The lowest BCUT2D eigenvalue weighted by Crippen LogP contribution is -2.23. The maximum atomic E-state index is 11.8. The summed E-state index contributed by atoms with van der Waals surface area (Å²) in [6.45, 7) is 0. The molecule has 6 heteroatoms. The molecule has 1 fully saturated rings. The number of rotatable bonds is 3. The summed E-state index contributed by atoms with van der Waals surface area (Å²) in [6.07, 6.45) is 7.44. The lowest BCUT2D eigenvalue weighted by atomic mass is 10.1. The van der Waals surface area contributed by atoms with Gasteiger partial charge in [-0.3, -0.25) is 4.79 Å². The Balaban J connectivity index is 2.10. The minimum Gasteiger partial charge on any atom is -0.382 e. The van der Waals surface area contributed by atoms with E-state index in [0.717, 1.165) is 17.8 Å². The van der Waals surface area contributed by atoms with Gasteiger partial charge in [-0.05, 0) is 24.4 Å². The van der Waals surface area contributed by atoms with Crippen molar-refractivity contribution in [3.05, 3.63) is 5.56 Å². The van der Waals surface area contributed by atoms with E-state index in [4.69, 9.17) is 5.73 Å². The molecule has 1 heterocycles. The molecule has 1 aromatic rings. The predicted octanol–water partition coefficient (Wildman–Crippen LogP) is 2.22. The zero-order chi connectivity index (χ0) is 13.0. The van der Waals surface area contributed by atoms with Crippen LogP contribution in [-0.4, -0.2) is 23.4 Å². The second-order valence-corrected chi connectivity index (χ2v) is 5.46. The van der Waals surface area contributed by atoms with E-state index < -0.39 is 0 Å². The maximum Gasteiger partial charge on any atom is 0.257 e. The third-order valence-electron chi connectivity index (χ3n) is 3.36. The normalized spacial score (nSPS) is 17.2. The summed E-state index contributed by atoms with van der Waals surface area (Å²) in [4.78, 5) is 11.8. The van der Waals surface area contributed by atoms with Crippen LogP contribution in [0, 0.1) is 0 Å². The molecular weight excluding hydrogens is 248 g/mol. The largest absolute Gasteiger partial charge is 0.382 e. The van der Waals surface area contributed by atoms with Crippen LogP contribution in [0.25, 0.3) is 0 Å². The first-order chi connectivity index (χ1) is 8.72. The average Bonchev–Trinajstić information content (AvgIpc) is 2.58. The minimum atomic E-state index is -0.169. The van der Waals surface area contributed by atoms with Crippen LogP contribution in [0.2, 0.25) is 0 Å². The van der Waals surface area contributed by atoms with Crippen molar-refractivity contribution in [2.75, 3.05) is 18.1 Å². The molecule has 0 aliphatic heterocycles. The van der Waals surface area contributed by atoms with Gasteiger partial charge in [-0.2, -0.15) is 4.37 Å². The zero-order valence-corrected chi connectivity index (χ0v) is 11.5. The molecule has 1 aliphatic rings. The van der Waals surface area contributed by atoms with Gasteiger partial charge in [0.15, 0.2) is 5.82 Å². The highest BCUT2D eigenvalue weighted by atomic mass is 32.1. The van der Waals surface area contributed by atoms with E-state index in [1.807, 2.05) is 0 Å². The summed E-state index contributed by atoms with van der Waals surface area (Å²) >= 11 is 1.27. The van der Waals surface area contributed by atoms with Gasteiger partial charge in [0.2, 0.25) is 0 Å². The van der Waals surface area contributed by atoms with E-state index in [-0.39, 0.29) is 5.91 Å². The number of anilines is 2. The fraction of sp³-hybridized carbons (Fsp3) is 0.667. The molecular formula is C12H20N4OS. The smallest absolute Gasteiger partial charge is 0.257 e. The van der Waals surface area contributed by atoms with E-state index in [2.05, 4.69) is 15.0 Å². The molecule has 0 spiro atoms. The maximum absolute atomic E-state index is 11.8. The number of nitrogens with two attached hydrogens (primary N) is 1. The molecule has 1 saturated carbocycles. The molecule has 0 saturated heterocycles.